The van der Waals surface area contributed by atoms with E-state index >= 15 is 0 Å². The van der Waals surface area contributed by atoms with Gasteiger partial charge in [-0.25, -0.2) is 4.98 Å². The van der Waals surface area contributed by atoms with Crippen LogP contribution in [-0.2, 0) is 4.79 Å². The number of aryl methyl sites for hydroxylation is 1. The minimum atomic E-state index is -0.276. The molecule has 1 fully saturated rings. The maximum atomic E-state index is 13.7. The van der Waals surface area contributed by atoms with Crippen molar-refractivity contribution < 1.29 is 4.79 Å². The number of fused-ring (bicyclic) bond motifs is 1. The topological polar surface area (TPSA) is 58.4 Å². The van der Waals surface area contributed by atoms with Gasteiger partial charge in [-0.1, -0.05) is 36.8 Å². The maximum Gasteiger partial charge on any atom is 0.266 e. The molecule has 0 aliphatic heterocycles. The number of amides is 1. The Morgan fingerprint density at radius 2 is 1.78 bits per heavy atom. The lowest BCUT2D eigenvalue weighted by atomic mass is 10.1. The van der Waals surface area contributed by atoms with Crippen LogP contribution in [0.25, 0.3) is 16.6 Å². The molecular weight excluding hydrogens is 400 g/mol. The minimum Gasteiger partial charge on any atom is -0.331 e. The Bertz CT molecular complexity index is 1160. The molecule has 1 atom stereocenters. The Kier molecular flexibility index (Phi) is 6.42. The molecule has 0 bridgehead atoms. The third-order valence-electron chi connectivity index (χ3n) is 6.15. The van der Waals surface area contributed by atoms with Crippen LogP contribution in [0.1, 0.15) is 43.6 Å². The number of benzene rings is 2. The van der Waals surface area contributed by atoms with Crippen molar-refractivity contribution in [2.75, 3.05) is 27.2 Å². The van der Waals surface area contributed by atoms with E-state index in [-0.39, 0.29) is 23.4 Å². The summed E-state index contributed by atoms with van der Waals surface area (Å²) in [4.78, 5) is 36.0. The fourth-order valence-corrected chi connectivity index (χ4v) is 4.15. The van der Waals surface area contributed by atoms with Crippen molar-refractivity contribution in [2.24, 2.45) is 5.92 Å². The predicted octanol–water partition coefficient (Wildman–Crippen LogP) is 3.95. The standard InChI is InChI=1S/C26H32N4O2/c1-5-23(29(17-16-28(3)4)25(31)19-12-13-19)24-27-22-9-7-6-8-21(22)26(32)30(24)20-14-10-18(2)11-15-20/h6-11,14-15,19,23H,5,12-13,16-17H2,1-4H3. The van der Waals surface area contributed by atoms with E-state index < -0.39 is 0 Å². The van der Waals surface area contributed by atoms with Crippen LogP contribution in [0.4, 0.5) is 0 Å². The van der Waals surface area contributed by atoms with Crippen LogP contribution in [0, 0.1) is 12.8 Å². The van der Waals surface area contributed by atoms with Gasteiger partial charge in [0.25, 0.3) is 5.56 Å². The highest BCUT2D eigenvalue weighted by Gasteiger charge is 2.37. The first-order valence-corrected chi connectivity index (χ1v) is 11.4. The summed E-state index contributed by atoms with van der Waals surface area (Å²) in [6, 6.07) is 15.1. The first-order chi connectivity index (χ1) is 15.4. The highest BCUT2D eigenvalue weighted by atomic mass is 16.2. The lowest BCUT2D eigenvalue weighted by Gasteiger charge is -2.33. The summed E-state index contributed by atoms with van der Waals surface area (Å²) >= 11 is 0. The van der Waals surface area contributed by atoms with Gasteiger partial charge in [0.05, 0.1) is 22.6 Å². The molecule has 1 heterocycles. The number of rotatable bonds is 8. The van der Waals surface area contributed by atoms with Gasteiger partial charge in [-0.2, -0.15) is 0 Å². The molecule has 168 valence electrons. The first kappa shape index (κ1) is 22.2. The normalized spacial score (nSPS) is 14.7. The zero-order valence-corrected chi connectivity index (χ0v) is 19.4. The van der Waals surface area contributed by atoms with Gasteiger partial charge in [-0.3, -0.25) is 14.2 Å². The second kappa shape index (κ2) is 9.25. The molecule has 1 unspecified atom stereocenters. The van der Waals surface area contributed by atoms with E-state index in [4.69, 9.17) is 4.98 Å². The van der Waals surface area contributed by atoms with E-state index in [0.717, 1.165) is 30.6 Å². The molecule has 1 aliphatic carbocycles. The lowest BCUT2D eigenvalue weighted by Crippen LogP contribution is -2.42. The smallest absolute Gasteiger partial charge is 0.266 e. The van der Waals surface area contributed by atoms with Crippen molar-refractivity contribution >= 4 is 16.8 Å². The fourth-order valence-electron chi connectivity index (χ4n) is 4.15. The average molecular weight is 433 g/mol. The SMILES string of the molecule is CCC(c1nc2ccccc2c(=O)n1-c1ccc(C)cc1)N(CCN(C)C)C(=O)C1CC1. The Morgan fingerprint density at radius 1 is 1.09 bits per heavy atom. The Hall–Kier alpha value is -2.99. The van der Waals surface area contributed by atoms with Crippen LogP contribution in [0.2, 0.25) is 0 Å². The third-order valence-corrected chi connectivity index (χ3v) is 6.15. The van der Waals surface area contributed by atoms with Crippen LogP contribution in [-0.4, -0.2) is 52.4 Å². The van der Waals surface area contributed by atoms with Crippen molar-refractivity contribution in [1.29, 1.82) is 0 Å². The second-order valence-corrected chi connectivity index (χ2v) is 9.00. The van der Waals surface area contributed by atoms with Gasteiger partial charge in [0.2, 0.25) is 5.91 Å². The highest BCUT2D eigenvalue weighted by Crippen LogP contribution is 2.35. The summed E-state index contributed by atoms with van der Waals surface area (Å²) in [5, 5.41) is 0.583. The summed E-state index contributed by atoms with van der Waals surface area (Å²) < 4.78 is 1.71. The van der Waals surface area contributed by atoms with E-state index in [0.29, 0.717) is 29.7 Å². The number of carbonyl (C=O) groups is 1. The molecule has 0 N–H and O–H groups in total. The van der Waals surface area contributed by atoms with Crippen molar-refractivity contribution in [2.45, 2.75) is 39.2 Å². The Labute approximate surface area is 189 Å². The fraction of sp³-hybridized carbons (Fsp3) is 0.423. The summed E-state index contributed by atoms with van der Waals surface area (Å²) in [7, 11) is 4.02. The van der Waals surface area contributed by atoms with E-state index in [1.54, 1.807) is 4.57 Å². The van der Waals surface area contributed by atoms with Gasteiger partial charge in [0.1, 0.15) is 5.82 Å². The molecule has 2 aromatic carbocycles. The molecule has 3 aromatic rings. The average Bonchev–Trinajstić information content (AvgIpc) is 3.62. The zero-order valence-electron chi connectivity index (χ0n) is 19.4. The van der Waals surface area contributed by atoms with E-state index in [9.17, 15) is 9.59 Å². The molecule has 32 heavy (non-hydrogen) atoms. The maximum absolute atomic E-state index is 13.7. The number of carbonyl (C=O) groups excluding carboxylic acids is 1. The quantitative estimate of drug-likeness (QED) is 0.541. The summed E-state index contributed by atoms with van der Waals surface area (Å²) in [5.41, 5.74) is 2.47. The van der Waals surface area contributed by atoms with Crippen LogP contribution in [0.15, 0.2) is 53.3 Å². The first-order valence-electron chi connectivity index (χ1n) is 11.4. The van der Waals surface area contributed by atoms with E-state index in [1.165, 1.54) is 0 Å². The van der Waals surface area contributed by atoms with Crippen molar-refractivity contribution in [3.05, 3.63) is 70.3 Å². The number of para-hydroxylation sites is 1. The molecule has 0 radical (unpaired) electrons. The van der Waals surface area contributed by atoms with Gasteiger partial charge in [-0.15, -0.1) is 0 Å². The minimum absolute atomic E-state index is 0.0978. The molecule has 0 saturated heterocycles. The van der Waals surface area contributed by atoms with Crippen LogP contribution in [0.5, 0.6) is 0 Å². The van der Waals surface area contributed by atoms with Crippen molar-refractivity contribution in [3.63, 3.8) is 0 Å². The third kappa shape index (κ3) is 4.46. The van der Waals surface area contributed by atoms with Gasteiger partial charge < -0.3 is 9.80 Å². The van der Waals surface area contributed by atoms with Crippen molar-refractivity contribution in [3.8, 4) is 5.69 Å². The predicted molar refractivity (Wildman–Crippen MR) is 128 cm³/mol. The number of hydrogen-bond acceptors (Lipinski definition) is 4. The van der Waals surface area contributed by atoms with Crippen LogP contribution < -0.4 is 5.56 Å². The number of aromatic nitrogens is 2. The number of hydrogen-bond donors (Lipinski definition) is 0. The Balaban J connectivity index is 1.91. The molecule has 6 nitrogen and oxygen atoms in total. The monoisotopic (exact) mass is 432 g/mol. The molecule has 1 aliphatic rings. The largest absolute Gasteiger partial charge is 0.331 e. The van der Waals surface area contributed by atoms with Gasteiger partial charge in [0, 0.05) is 19.0 Å². The molecular formula is C26H32N4O2. The number of nitrogens with zero attached hydrogens (tertiary/aromatic N) is 4. The van der Waals surface area contributed by atoms with Gasteiger partial charge in [0.15, 0.2) is 0 Å². The summed E-state index contributed by atoms with van der Waals surface area (Å²) in [6.45, 7) is 5.46. The molecule has 1 amide bonds. The van der Waals surface area contributed by atoms with E-state index in [2.05, 4.69) is 11.8 Å². The van der Waals surface area contributed by atoms with Crippen LogP contribution >= 0.6 is 0 Å². The molecule has 6 heteroatoms. The van der Waals surface area contributed by atoms with Crippen molar-refractivity contribution in [1.82, 2.24) is 19.4 Å². The Morgan fingerprint density at radius 3 is 2.41 bits per heavy atom. The summed E-state index contributed by atoms with van der Waals surface area (Å²) in [6.07, 6.45) is 2.58. The molecule has 0 spiro atoms. The lowest BCUT2D eigenvalue weighted by molar-refractivity contribution is -0.135. The van der Waals surface area contributed by atoms with Gasteiger partial charge >= 0.3 is 0 Å². The van der Waals surface area contributed by atoms with Gasteiger partial charge in [-0.05, 0) is 64.5 Å². The van der Waals surface area contributed by atoms with Crippen LogP contribution in [0.3, 0.4) is 0 Å². The molecule has 1 saturated carbocycles. The van der Waals surface area contributed by atoms with E-state index in [1.807, 2.05) is 74.4 Å². The molecule has 1 aromatic heterocycles. The zero-order chi connectivity index (χ0) is 22.8. The highest BCUT2D eigenvalue weighted by molar-refractivity contribution is 5.82. The second-order valence-electron chi connectivity index (χ2n) is 9.00. The summed E-state index contributed by atoms with van der Waals surface area (Å²) in [5.74, 6) is 0.913. The number of likely N-dealkylation sites (N-methyl/N-ethyl adjacent to an activating group) is 1. The molecule has 4 rings (SSSR count).